The average molecular weight is 429 g/mol. The van der Waals surface area contributed by atoms with Gasteiger partial charge in [-0.1, -0.05) is 51.0 Å². The van der Waals surface area contributed by atoms with Gasteiger partial charge in [-0.15, -0.1) is 24.8 Å². The highest BCUT2D eigenvalue weighted by Crippen LogP contribution is 2.31. The Morgan fingerprint density at radius 3 is 1.25 bits per heavy atom. The van der Waals surface area contributed by atoms with Crippen molar-refractivity contribution in [3.8, 4) is 11.5 Å². The van der Waals surface area contributed by atoms with E-state index in [4.69, 9.17) is 0 Å². The standard InChI is InChI=1S/C22H32N2O2.2ClH/c1-3-5-15-23-21(17-7-11-19(25)12-8-17)22(24-16-6-4-2)18-9-13-20(26)14-10-18;;/h7-14,21-26H,3-6,15-16H2,1-2H3;2*1H/t21-,22+;;. The number of rotatable bonds is 11. The van der Waals surface area contributed by atoms with Gasteiger partial charge in [0.15, 0.2) is 0 Å². The van der Waals surface area contributed by atoms with E-state index in [9.17, 15) is 10.2 Å². The number of benzene rings is 2. The third-order valence-electron chi connectivity index (χ3n) is 4.63. The summed E-state index contributed by atoms with van der Waals surface area (Å²) in [5.74, 6) is 0.558. The minimum atomic E-state index is 0. The van der Waals surface area contributed by atoms with Crippen LogP contribution in [0, 0.1) is 0 Å². The van der Waals surface area contributed by atoms with E-state index in [-0.39, 0.29) is 48.4 Å². The topological polar surface area (TPSA) is 64.5 Å². The van der Waals surface area contributed by atoms with Crippen LogP contribution in [0.15, 0.2) is 48.5 Å². The molecule has 0 aliphatic rings. The number of aromatic hydroxyl groups is 2. The Labute approximate surface area is 181 Å². The Morgan fingerprint density at radius 1 is 0.643 bits per heavy atom. The highest BCUT2D eigenvalue weighted by Gasteiger charge is 2.24. The second-order valence-corrected chi connectivity index (χ2v) is 6.75. The summed E-state index contributed by atoms with van der Waals surface area (Å²) < 4.78 is 0. The normalized spacial score (nSPS) is 12.5. The molecule has 2 rings (SSSR count). The Bertz CT molecular complexity index is 578. The molecule has 4 nitrogen and oxygen atoms in total. The Morgan fingerprint density at radius 2 is 0.964 bits per heavy atom. The molecule has 4 N–H and O–H groups in total. The Kier molecular flexibility index (Phi) is 13.8. The maximum atomic E-state index is 9.65. The molecule has 0 aromatic heterocycles. The van der Waals surface area contributed by atoms with Crippen LogP contribution in [0.5, 0.6) is 11.5 Å². The number of nitrogens with one attached hydrogen (secondary N) is 2. The number of hydrogen-bond acceptors (Lipinski definition) is 4. The summed E-state index contributed by atoms with van der Waals surface area (Å²) in [5, 5.41) is 26.7. The van der Waals surface area contributed by atoms with Crippen molar-refractivity contribution < 1.29 is 10.2 Å². The van der Waals surface area contributed by atoms with E-state index in [1.807, 2.05) is 24.3 Å². The second-order valence-electron chi connectivity index (χ2n) is 6.75. The van der Waals surface area contributed by atoms with Crippen molar-refractivity contribution in [3.05, 3.63) is 59.7 Å². The zero-order chi connectivity index (χ0) is 18.8. The molecule has 0 saturated carbocycles. The van der Waals surface area contributed by atoms with Crippen LogP contribution < -0.4 is 10.6 Å². The largest absolute Gasteiger partial charge is 0.508 e. The number of phenols is 2. The van der Waals surface area contributed by atoms with Crippen LogP contribution >= 0.6 is 24.8 Å². The van der Waals surface area contributed by atoms with E-state index in [2.05, 4.69) is 24.5 Å². The van der Waals surface area contributed by atoms with Crippen LogP contribution in [0.4, 0.5) is 0 Å². The molecule has 0 saturated heterocycles. The number of halogens is 2. The first-order valence-corrected chi connectivity index (χ1v) is 9.70. The third kappa shape index (κ3) is 8.27. The van der Waals surface area contributed by atoms with Gasteiger partial charge in [0.1, 0.15) is 11.5 Å². The molecular weight excluding hydrogens is 395 g/mol. The molecule has 0 fully saturated rings. The minimum Gasteiger partial charge on any atom is -0.508 e. The summed E-state index contributed by atoms with van der Waals surface area (Å²) in [4.78, 5) is 0. The van der Waals surface area contributed by atoms with Gasteiger partial charge in [0.2, 0.25) is 0 Å². The van der Waals surface area contributed by atoms with Crippen molar-refractivity contribution >= 4 is 24.8 Å². The Hall–Kier alpha value is -1.46. The molecule has 158 valence electrons. The maximum absolute atomic E-state index is 9.65. The van der Waals surface area contributed by atoms with Crippen LogP contribution in [0.25, 0.3) is 0 Å². The van der Waals surface area contributed by atoms with Crippen molar-refractivity contribution in [3.63, 3.8) is 0 Å². The van der Waals surface area contributed by atoms with Crippen molar-refractivity contribution in [1.29, 1.82) is 0 Å². The van der Waals surface area contributed by atoms with E-state index in [0.717, 1.165) is 49.9 Å². The molecule has 2 aromatic rings. The van der Waals surface area contributed by atoms with Crippen LogP contribution in [-0.4, -0.2) is 23.3 Å². The lowest BCUT2D eigenvalue weighted by molar-refractivity contribution is 0.378. The summed E-state index contributed by atoms with van der Waals surface area (Å²) in [7, 11) is 0. The predicted octanol–water partition coefficient (Wildman–Crippen LogP) is 5.50. The molecule has 0 spiro atoms. The lowest BCUT2D eigenvalue weighted by Crippen LogP contribution is -2.36. The molecule has 2 aromatic carbocycles. The monoisotopic (exact) mass is 428 g/mol. The third-order valence-corrected chi connectivity index (χ3v) is 4.63. The van der Waals surface area contributed by atoms with E-state index in [0.29, 0.717) is 0 Å². The van der Waals surface area contributed by atoms with Crippen LogP contribution in [0.3, 0.4) is 0 Å². The van der Waals surface area contributed by atoms with Gasteiger partial charge in [-0.05, 0) is 61.3 Å². The zero-order valence-corrected chi connectivity index (χ0v) is 18.4. The van der Waals surface area contributed by atoms with Crippen molar-refractivity contribution in [2.75, 3.05) is 13.1 Å². The smallest absolute Gasteiger partial charge is 0.115 e. The minimum absolute atomic E-state index is 0. The molecule has 6 heteroatoms. The summed E-state index contributed by atoms with van der Waals surface area (Å²) in [5.41, 5.74) is 2.28. The lowest BCUT2D eigenvalue weighted by Gasteiger charge is -2.30. The van der Waals surface area contributed by atoms with Gasteiger partial charge in [-0.25, -0.2) is 0 Å². The van der Waals surface area contributed by atoms with Gasteiger partial charge >= 0.3 is 0 Å². The van der Waals surface area contributed by atoms with Crippen molar-refractivity contribution in [1.82, 2.24) is 10.6 Å². The first-order chi connectivity index (χ1) is 12.7. The summed E-state index contributed by atoms with van der Waals surface area (Å²) in [6.45, 7) is 6.25. The first-order valence-electron chi connectivity index (χ1n) is 9.70. The predicted molar refractivity (Wildman–Crippen MR) is 122 cm³/mol. The van der Waals surface area contributed by atoms with Crippen molar-refractivity contribution in [2.24, 2.45) is 0 Å². The van der Waals surface area contributed by atoms with Gasteiger partial charge in [0.25, 0.3) is 0 Å². The Balaban J connectivity index is 0.00000364. The second kappa shape index (κ2) is 14.5. The number of unbranched alkanes of at least 4 members (excludes halogenated alkanes) is 2. The summed E-state index contributed by atoms with van der Waals surface area (Å²) >= 11 is 0. The number of hydrogen-bond donors (Lipinski definition) is 4. The van der Waals surface area contributed by atoms with Crippen LogP contribution in [0.1, 0.15) is 62.7 Å². The molecule has 0 heterocycles. The fourth-order valence-corrected chi connectivity index (χ4v) is 3.09. The highest BCUT2D eigenvalue weighted by atomic mass is 35.5. The first kappa shape index (κ1) is 26.5. The molecule has 0 radical (unpaired) electrons. The molecule has 0 aliphatic heterocycles. The SMILES string of the molecule is CCCCN[C@H](c1ccc(O)cc1)[C@@H](NCCCC)c1ccc(O)cc1.Cl.Cl. The highest BCUT2D eigenvalue weighted by molar-refractivity contribution is 5.85. The van der Waals surface area contributed by atoms with Gasteiger partial charge in [-0.3, -0.25) is 0 Å². The molecule has 0 unspecified atom stereocenters. The van der Waals surface area contributed by atoms with E-state index in [1.165, 1.54) is 0 Å². The zero-order valence-electron chi connectivity index (χ0n) is 16.7. The van der Waals surface area contributed by atoms with Crippen molar-refractivity contribution in [2.45, 2.75) is 51.6 Å². The van der Waals surface area contributed by atoms with Crippen LogP contribution in [0.2, 0.25) is 0 Å². The molecule has 0 aliphatic carbocycles. The lowest BCUT2D eigenvalue weighted by atomic mass is 9.92. The van der Waals surface area contributed by atoms with E-state index in [1.54, 1.807) is 24.3 Å². The van der Waals surface area contributed by atoms with E-state index < -0.39 is 0 Å². The van der Waals surface area contributed by atoms with Gasteiger partial charge in [0.05, 0.1) is 12.1 Å². The molecule has 0 amide bonds. The fraction of sp³-hybridized carbons (Fsp3) is 0.455. The van der Waals surface area contributed by atoms with Gasteiger partial charge < -0.3 is 20.8 Å². The summed E-state index contributed by atoms with van der Waals surface area (Å²) in [6.07, 6.45) is 4.52. The number of phenolic OH excluding ortho intramolecular Hbond substituents is 2. The molecule has 0 bridgehead atoms. The molecular formula is C22H34Cl2N2O2. The van der Waals surface area contributed by atoms with Gasteiger partial charge in [-0.2, -0.15) is 0 Å². The van der Waals surface area contributed by atoms with Gasteiger partial charge in [0, 0.05) is 0 Å². The average Bonchev–Trinajstić information content (AvgIpc) is 2.65. The van der Waals surface area contributed by atoms with Crippen LogP contribution in [-0.2, 0) is 0 Å². The quantitative estimate of drug-likeness (QED) is 0.356. The molecule has 2 atom stereocenters. The molecule has 28 heavy (non-hydrogen) atoms. The fourth-order valence-electron chi connectivity index (χ4n) is 3.09. The maximum Gasteiger partial charge on any atom is 0.115 e. The summed E-state index contributed by atoms with van der Waals surface area (Å²) in [6, 6.07) is 15.1. The van der Waals surface area contributed by atoms with E-state index >= 15 is 0 Å².